The number of methoxy groups -OCH3 is 1. The molecule has 0 saturated carbocycles. The summed E-state index contributed by atoms with van der Waals surface area (Å²) in [5, 5.41) is 4.15. The Morgan fingerprint density at radius 2 is 1.81 bits per heavy atom. The molecule has 0 aliphatic rings. The Balaban J connectivity index is 1.87. The second kappa shape index (κ2) is 7.34. The van der Waals surface area contributed by atoms with Gasteiger partial charge in [0.05, 0.1) is 17.2 Å². The molecular formula is C16H15Cl2NO2. The van der Waals surface area contributed by atoms with Crippen LogP contribution in [0.2, 0.25) is 10.0 Å². The van der Waals surface area contributed by atoms with Crippen LogP contribution in [0.15, 0.2) is 42.5 Å². The number of rotatable bonds is 6. The minimum absolute atomic E-state index is 0.0743. The molecule has 0 bridgehead atoms. The number of ether oxygens (including phenoxy) is 1. The third kappa shape index (κ3) is 4.38. The topological polar surface area (TPSA) is 38.3 Å². The van der Waals surface area contributed by atoms with Crippen LogP contribution in [0.4, 0.5) is 5.69 Å². The van der Waals surface area contributed by atoms with Gasteiger partial charge in [-0.1, -0.05) is 23.2 Å². The summed E-state index contributed by atoms with van der Waals surface area (Å²) in [6.07, 6.45) is 0.395. The minimum atomic E-state index is 0.0743. The van der Waals surface area contributed by atoms with Crippen LogP contribution in [0.3, 0.4) is 0 Å². The fourth-order valence-electron chi connectivity index (χ4n) is 1.85. The Kier molecular flexibility index (Phi) is 5.48. The van der Waals surface area contributed by atoms with Crippen molar-refractivity contribution in [3.8, 4) is 5.75 Å². The van der Waals surface area contributed by atoms with Crippen molar-refractivity contribution in [2.75, 3.05) is 19.0 Å². The number of carbonyl (C=O) groups is 1. The van der Waals surface area contributed by atoms with Gasteiger partial charge in [0.2, 0.25) is 0 Å². The van der Waals surface area contributed by atoms with E-state index in [4.69, 9.17) is 27.9 Å². The molecule has 0 aliphatic carbocycles. The standard InChI is InChI=1S/C16H15Cl2NO2/c1-21-13-5-2-11(3-6-13)16(20)8-9-19-12-4-7-14(17)15(18)10-12/h2-7,10,19H,8-9H2,1H3. The lowest BCUT2D eigenvalue weighted by Crippen LogP contribution is -2.08. The highest BCUT2D eigenvalue weighted by molar-refractivity contribution is 6.42. The maximum absolute atomic E-state index is 12.0. The first-order valence-corrected chi connectivity index (χ1v) is 7.22. The third-order valence-electron chi connectivity index (χ3n) is 3.01. The van der Waals surface area contributed by atoms with Gasteiger partial charge in [0.15, 0.2) is 5.78 Å². The first-order valence-electron chi connectivity index (χ1n) is 6.46. The molecule has 110 valence electrons. The number of halogens is 2. The number of anilines is 1. The first-order chi connectivity index (χ1) is 10.1. The van der Waals surface area contributed by atoms with E-state index in [-0.39, 0.29) is 5.78 Å². The van der Waals surface area contributed by atoms with Crippen LogP contribution < -0.4 is 10.1 Å². The van der Waals surface area contributed by atoms with Crippen LogP contribution in [0.5, 0.6) is 5.75 Å². The highest BCUT2D eigenvalue weighted by Gasteiger charge is 2.06. The molecule has 0 heterocycles. The van der Waals surface area contributed by atoms with E-state index in [9.17, 15) is 4.79 Å². The van der Waals surface area contributed by atoms with E-state index in [1.807, 2.05) is 6.07 Å². The molecule has 2 aromatic carbocycles. The number of benzene rings is 2. The van der Waals surface area contributed by atoms with Gasteiger partial charge >= 0.3 is 0 Å². The molecule has 0 saturated heterocycles. The molecule has 0 atom stereocenters. The van der Waals surface area contributed by atoms with Gasteiger partial charge in [-0.05, 0) is 42.5 Å². The summed E-state index contributed by atoms with van der Waals surface area (Å²) in [7, 11) is 1.60. The molecule has 2 rings (SSSR count). The normalized spacial score (nSPS) is 10.2. The largest absolute Gasteiger partial charge is 0.497 e. The fourth-order valence-corrected chi connectivity index (χ4v) is 2.15. The lowest BCUT2D eigenvalue weighted by molar-refractivity contribution is 0.0986. The molecule has 1 N–H and O–H groups in total. The van der Waals surface area contributed by atoms with Gasteiger partial charge in [0.1, 0.15) is 5.75 Å². The molecule has 0 radical (unpaired) electrons. The molecule has 0 aromatic heterocycles. The molecule has 3 nitrogen and oxygen atoms in total. The molecule has 0 spiro atoms. The maximum atomic E-state index is 12.0. The first kappa shape index (κ1) is 15.7. The van der Waals surface area contributed by atoms with E-state index in [0.717, 1.165) is 11.4 Å². The molecule has 0 amide bonds. The Labute approximate surface area is 133 Å². The zero-order chi connectivity index (χ0) is 15.2. The van der Waals surface area contributed by atoms with Crippen molar-refractivity contribution in [3.05, 3.63) is 58.1 Å². The highest BCUT2D eigenvalue weighted by atomic mass is 35.5. The van der Waals surface area contributed by atoms with Crippen LogP contribution >= 0.6 is 23.2 Å². The van der Waals surface area contributed by atoms with Gasteiger partial charge < -0.3 is 10.1 Å². The van der Waals surface area contributed by atoms with Crippen molar-refractivity contribution >= 4 is 34.7 Å². The van der Waals surface area contributed by atoms with E-state index in [0.29, 0.717) is 28.6 Å². The third-order valence-corrected chi connectivity index (χ3v) is 3.75. The summed E-state index contributed by atoms with van der Waals surface area (Å²) in [6, 6.07) is 12.4. The minimum Gasteiger partial charge on any atom is -0.497 e. The van der Waals surface area contributed by atoms with Crippen molar-refractivity contribution in [3.63, 3.8) is 0 Å². The Bertz CT molecular complexity index is 627. The number of carbonyl (C=O) groups excluding carboxylic acids is 1. The number of ketones is 1. The van der Waals surface area contributed by atoms with Crippen LogP contribution in [-0.4, -0.2) is 19.4 Å². The van der Waals surface area contributed by atoms with E-state index in [1.165, 1.54) is 0 Å². The second-order valence-corrected chi connectivity index (χ2v) is 5.27. The molecular weight excluding hydrogens is 309 g/mol. The Morgan fingerprint density at radius 1 is 1.10 bits per heavy atom. The van der Waals surface area contributed by atoms with E-state index < -0.39 is 0 Å². The highest BCUT2D eigenvalue weighted by Crippen LogP contribution is 2.25. The van der Waals surface area contributed by atoms with Gasteiger partial charge in [0.25, 0.3) is 0 Å². The van der Waals surface area contributed by atoms with Gasteiger partial charge in [-0.15, -0.1) is 0 Å². The Hall–Kier alpha value is -1.71. The van der Waals surface area contributed by atoms with E-state index in [1.54, 1.807) is 43.5 Å². The van der Waals surface area contributed by atoms with Crippen molar-refractivity contribution in [1.82, 2.24) is 0 Å². The van der Waals surface area contributed by atoms with Crippen molar-refractivity contribution < 1.29 is 9.53 Å². The van der Waals surface area contributed by atoms with Gasteiger partial charge in [0, 0.05) is 24.2 Å². The summed E-state index contributed by atoms with van der Waals surface area (Å²) in [6.45, 7) is 0.531. The summed E-state index contributed by atoms with van der Waals surface area (Å²) < 4.78 is 5.06. The molecule has 2 aromatic rings. The second-order valence-electron chi connectivity index (χ2n) is 4.46. The van der Waals surface area contributed by atoms with Crippen LogP contribution in [0.25, 0.3) is 0 Å². The predicted molar refractivity (Wildman–Crippen MR) is 86.9 cm³/mol. The summed E-state index contributed by atoms with van der Waals surface area (Å²) in [4.78, 5) is 12.0. The average molecular weight is 324 g/mol. The lowest BCUT2D eigenvalue weighted by atomic mass is 10.1. The smallest absolute Gasteiger partial charge is 0.164 e. The summed E-state index contributed by atoms with van der Waals surface area (Å²) in [5.41, 5.74) is 1.51. The lowest BCUT2D eigenvalue weighted by Gasteiger charge is -2.07. The predicted octanol–water partition coefficient (Wildman–Crippen LogP) is 4.69. The van der Waals surface area contributed by atoms with Crippen LogP contribution in [0.1, 0.15) is 16.8 Å². The number of nitrogens with one attached hydrogen (secondary N) is 1. The van der Waals surface area contributed by atoms with E-state index >= 15 is 0 Å². The Morgan fingerprint density at radius 3 is 2.43 bits per heavy atom. The fraction of sp³-hybridized carbons (Fsp3) is 0.188. The van der Waals surface area contributed by atoms with Gasteiger partial charge in [-0.25, -0.2) is 0 Å². The summed E-state index contributed by atoms with van der Waals surface area (Å²) in [5.74, 6) is 0.811. The van der Waals surface area contributed by atoms with Crippen molar-refractivity contribution in [1.29, 1.82) is 0 Å². The molecule has 0 unspecified atom stereocenters. The quantitative estimate of drug-likeness (QED) is 0.784. The average Bonchev–Trinajstić information content (AvgIpc) is 2.51. The van der Waals surface area contributed by atoms with Crippen LogP contribution in [-0.2, 0) is 0 Å². The maximum Gasteiger partial charge on any atom is 0.164 e. The molecule has 5 heteroatoms. The summed E-state index contributed by atoms with van der Waals surface area (Å²) >= 11 is 11.8. The zero-order valence-electron chi connectivity index (χ0n) is 11.5. The molecule has 21 heavy (non-hydrogen) atoms. The molecule has 0 fully saturated rings. The van der Waals surface area contributed by atoms with E-state index in [2.05, 4.69) is 5.32 Å². The van der Waals surface area contributed by atoms with Crippen LogP contribution in [0, 0.1) is 0 Å². The van der Waals surface area contributed by atoms with Crippen molar-refractivity contribution in [2.45, 2.75) is 6.42 Å². The van der Waals surface area contributed by atoms with Crippen molar-refractivity contribution in [2.24, 2.45) is 0 Å². The SMILES string of the molecule is COc1ccc(C(=O)CCNc2ccc(Cl)c(Cl)c2)cc1. The van der Waals surface area contributed by atoms with Gasteiger partial charge in [-0.3, -0.25) is 4.79 Å². The van der Waals surface area contributed by atoms with Gasteiger partial charge in [-0.2, -0.15) is 0 Å². The monoisotopic (exact) mass is 323 g/mol. The number of Topliss-reactive ketones (excluding diaryl/α,β-unsaturated/α-hetero) is 1. The number of hydrogen-bond donors (Lipinski definition) is 1. The molecule has 0 aliphatic heterocycles. The number of hydrogen-bond acceptors (Lipinski definition) is 3. The zero-order valence-corrected chi connectivity index (χ0v) is 13.0.